The lowest BCUT2D eigenvalue weighted by atomic mass is 10.1. The monoisotopic (exact) mass is 377 g/mol. The number of thiocarbonyl (C=S) groups is 1. The van der Waals surface area contributed by atoms with E-state index in [4.69, 9.17) is 18.0 Å². The molecule has 2 aromatic rings. The molecule has 22 heavy (non-hydrogen) atoms. The molecule has 0 aliphatic carbocycles. The second-order valence-corrected chi connectivity index (χ2v) is 5.96. The lowest BCUT2D eigenvalue weighted by Crippen LogP contribution is -2.34. The Balaban J connectivity index is 2.00. The van der Waals surface area contributed by atoms with Gasteiger partial charge in [-0.3, -0.25) is 10.1 Å². The zero-order chi connectivity index (χ0) is 16.1. The molecule has 0 bridgehead atoms. The molecular formula is C16H16BrN3OS. The summed E-state index contributed by atoms with van der Waals surface area (Å²) in [5.74, 6) is -0.244. The zero-order valence-electron chi connectivity index (χ0n) is 12.0. The van der Waals surface area contributed by atoms with Crippen molar-refractivity contribution in [2.45, 2.75) is 13.3 Å². The Morgan fingerprint density at radius 3 is 2.50 bits per heavy atom. The molecule has 0 radical (unpaired) electrons. The molecule has 0 atom stereocenters. The van der Waals surface area contributed by atoms with Gasteiger partial charge in [-0.2, -0.15) is 0 Å². The third kappa shape index (κ3) is 4.29. The first-order chi connectivity index (χ1) is 10.5. The van der Waals surface area contributed by atoms with Gasteiger partial charge < -0.3 is 11.1 Å². The fourth-order valence-corrected chi connectivity index (χ4v) is 2.55. The maximum atomic E-state index is 12.1. The summed E-state index contributed by atoms with van der Waals surface area (Å²) in [6.07, 6.45) is 0.938. The van der Waals surface area contributed by atoms with Crippen LogP contribution in [-0.2, 0) is 6.42 Å². The summed E-state index contributed by atoms with van der Waals surface area (Å²) >= 11 is 8.55. The number of amides is 1. The number of aryl methyl sites for hydroxylation is 1. The standard InChI is InChI=1S/C16H16BrN3OS/c1-2-10-3-5-11(6-4-10)15(21)20-16(22)19-14-8-7-12(18)9-13(14)17/h3-9H,2,18H2,1H3,(H2,19,20,21,22). The molecule has 0 unspecified atom stereocenters. The first-order valence-electron chi connectivity index (χ1n) is 6.76. The van der Waals surface area contributed by atoms with E-state index in [9.17, 15) is 4.79 Å². The molecule has 4 nitrogen and oxygen atoms in total. The maximum Gasteiger partial charge on any atom is 0.257 e. The van der Waals surface area contributed by atoms with Crippen LogP contribution in [0, 0.1) is 0 Å². The number of nitrogens with one attached hydrogen (secondary N) is 2. The molecule has 6 heteroatoms. The van der Waals surface area contributed by atoms with Gasteiger partial charge in [0.1, 0.15) is 0 Å². The Hall–Kier alpha value is -1.92. The fraction of sp³-hybridized carbons (Fsp3) is 0.125. The van der Waals surface area contributed by atoms with Crippen molar-refractivity contribution >= 4 is 50.5 Å². The highest BCUT2D eigenvalue weighted by Crippen LogP contribution is 2.24. The molecule has 0 spiro atoms. The molecule has 1 amide bonds. The molecule has 0 saturated carbocycles. The van der Waals surface area contributed by atoms with Crippen molar-refractivity contribution in [3.63, 3.8) is 0 Å². The van der Waals surface area contributed by atoms with Gasteiger partial charge in [-0.25, -0.2) is 0 Å². The first kappa shape index (κ1) is 16.5. The van der Waals surface area contributed by atoms with Gasteiger partial charge in [0.15, 0.2) is 5.11 Å². The quantitative estimate of drug-likeness (QED) is 0.563. The lowest BCUT2D eigenvalue weighted by molar-refractivity contribution is 0.0977. The Morgan fingerprint density at radius 1 is 1.23 bits per heavy atom. The van der Waals surface area contributed by atoms with Crippen molar-refractivity contribution in [2.24, 2.45) is 0 Å². The van der Waals surface area contributed by atoms with Gasteiger partial charge in [-0.15, -0.1) is 0 Å². The van der Waals surface area contributed by atoms with Crippen LogP contribution in [0.15, 0.2) is 46.9 Å². The number of halogens is 1. The Bertz CT molecular complexity index is 701. The molecule has 0 aliphatic rings. The van der Waals surface area contributed by atoms with E-state index in [0.29, 0.717) is 11.3 Å². The van der Waals surface area contributed by atoms with Crippen molar-refractivity contribution in [1.82, 2.24) is 5.32 Å². The van der Waals surface area contributed by atoms with Crippen LogP contribution < -0.4 is 16.4 Å². The summed E-state index contributed by atoms with van der Waals surface area (Å²) in [5, 5.41) is 5.84. The summed E-state index contributed by atoms with van der Waals surface area (Å²) < 4.78 is 0.774. The minimum atomic E-state index is -0.244. The molecule has 2 rings (SSSR count). The molecule has 2 aromatic carbocycles. The third-order valence-corrected chi connectivity index (χ3v) is 3.95. The molecular weight excluding hydrogens is 362 g/mol. The van der Waals surface area contributed by atoms with Crippen LogP contribution >= 0.6 is 28.1 Å². The molecule has 0 saturated heterocycles. The molecule has 114 valence electrons. The number of hydrogen-bond acceptors (Lipinski definition) is 3. The maximum absolute atomic E-state index is 12.1. The predicted octanol–water partition coefficient (Wildman–Crippen LogP) is 3.72. The largest absolute Gasteiger partial charge is 0.399 e. The second kappa shape index (κ2) is 7.38. The average Bonchev–Trinajstić information content (AvgIpc) is 2.50. The van der Waals surface area contributed by atoms with Crippen LogP contribution in [0.4, 0.5) is 11.4 Å². The van der Waals surface area contributed by atoms with Gasteiger partial charge in [0.05, 0.1) is 5.69 Å². The lowest BCUT2D eigenvalue weighted by Gasteiger charge is -2.11. The third-order valence-electron chi connectivity index (χ3n) is 3.09. The van der Waals surface area contributed by atoms with E-state index < -0.39 is 0 Å². The number of carbonyl (C=O) groups excluding carboxylic acids is 1. The highest BCUT2D eigenvalue weighted by molar-refractivity contribution is 9.10. The summed E-state index contributed by atoms with van der Waals surface area (Å²) in [5.41, 5.74) is 8.81. The van der Waals surface area contributed by atoms with Gasteiger partial charge in [-0.05, 0) is 70.5 Å². The number of hydrogen-bond donors (Lipinski definition) is 3. The summed E-state index contributed by atoms with van der Waals surface area (Å²) in [6, 6.07) is 12.7. The van der Waals surface area contributed by atoms with Gasteiger partial charge >= 0.3 is 0 Å². The van der Waals surface area contributed by atoms with Crippen LogP contribution in [0.1, 0.15) is 22.8 Å². The van der Waals surface area contributed by atoms with E-state index in [2.05, 4.69) is 33.5 Å². The Labute approximate surface area is 143 Å². The number of nitrogens with two attached hydrogens (primary N) is 1. The number of carbonyl (C=O) groups is 1. The van der Waals surface area contributed by atoms with E-state index in [1.165, 1.54) is 5.56 Å². The van der Waals surface area contributed by atoms with Crippen LogP contribution in [-0.4, -0.2) is 11.0 Å². The van der Waals surface area contributed by atoms with E-state index in [1.807, 2.05) is 12.1 Å². The minimum absolute atomic E-state index is 0.232. The number of rotatable bonds is 3. The molecule has 0 fully saturated rings. The molecule has 4 N–H and O–H groups in total. The van der Waals surface area contributed by atoms with Gasteiger partial charge in [0.25, 0.3) is 5.91 Å². The van der Waals surface area contributed by atoms with E-state index in [1.54, 1.807) is 30.3 Å². The normalized spacial score (nSPS) is 10.1. The van der Waals surface area contributed by atoms with Crippen LogP contribution in [0.5, 0.6) is 0 Å². The first-order valence-corrected chi connectivity index (χ1v) is 7.96. The highest BCUT2D eigenvalue weighted by Gasteiger charge is 2.09. The van der Waals surface area contributed by atoms with E-state index in [-0.39, 0.29) is 11.0 Å². The van der Waals surface area contributed by atoms with Gasteiger partial charge in [-0.1, -0.05) is 19.1 Å². The van der Waals surface area contributed by atoms with E-state index in [0.717, 1.165) is 16.6 Å². The summed E-state index contributed by atoms with van der Waals surface area (Å²) in [4.78, 5) is 12.1. The van der Waals surface area contributed by atoms with Crippen LogP contribution in [0.3, 0.4) is 0 Å². The SMILES string of the molecule is CCc1ccc(C(=O)NC(=S)Nc2ccc(N)cc2Br)cc1. The van der Waals surface area contributed by atoms with Crippen molar-refractivity contribution < 1.29 is 4.79 Å². The van der Waals surface area contributed by atoms with Crippen LogP contribution in [0.2, 0.25) is 0 Å². The smallest absolute Gasteiger partial charge is 0.257 e. The van der Waals surface area contributed by atoms with Crippen molar-refractivity contribution in [1.29, 1.82) is 0 Å². The molecule has 0 heterocycles. The number of nitrogen functional groups attached to an aromatic ring is 1. The summed E-state index contributed by atoms with van der Waals surface area (Å²) in [7, 11) is 0. The fourth-order valence-electron chi connectivity index (χ4n) is 1.85. The molecule has 0 aliphatic heterocycles. The minimum Gasteiger partial charge on any atom is -0.399 e. The number of anilines is 2. The Kier molecular flexibility index (Phi) is 5.51. The molecule has 0 aromatic heterocycles. The average molecular weight is 378 g/mol. The second-order valence-electron chi connectivity index (χ2n) is 4.70. The predicted molar refractivity (Wildman–Crippen MR) is 98.1 cm³/mol. The van der Waals surface area contributed by atoms with Gasteiger partial charge in [0.2, 0.25) is 0 Å². The van der Waals surface area contributed by atoms with Crippen molar-refractivity contribution in [3.05, 3.63) is 58.1 Å². The number of benzene rings is 2. The highest BCUT2D eigenvalue weighted by atomic mass is 79.9. The van der Waals surface area contributed by atoms with Crippen molar-refractivity contribution in [3.8, 4) is 0 Å². The summed E-state index contributed by atoms with van der Waals surface area (Å²) in [6.45, 7) is 2.07. The Morgan fingerprint density at radius 2 is 1.91 bits per heavy atom. The van der Waals surface area contributed by atoms with Crippen LogP contribution in [0.25, 0.3) is 0 Å². The topological polar surface area (TPSA) is 67.2 Å². The zero-order valence-corrected chi connectivity index (χ0v) is 14.4. The van der Waals surface area contributed by atoms with Crippen molar-refractivity contribution in [2.75, 3.05) is 11.1 Å². The van der Waals surface area contributed by atoms with E-state index >= 15 is 0 Å². The van der Waals surface area contributed by atoms with Gasteiger partial charge in [0, 0.05) is 15.7 Å².